The van der Waals surface area contributed by atoms with Crippen LogP contribution in [0.2, 0.25) is 0 Å². The fraction of sp³-hybridized carbons (Fsp3) is 0.750. The van der Waals surface area contributed by atoms with Gasteiger partial charge in [0.2, 0.25) is 0 Å². The number of rotatable bonds is 0. The summed E-state index contributed by atoms with van der Waals surface area (Å²) in [5, 5.41) is 0. The van der Waals surface area contributed by atoms with E-state index in [-0.39, 0.29) is 0 Å². The van der Waals surface area contributed by atoms with Gasteiger partial charge in [-0.25, -0.2) is 0 Å². The number of thioether (sulfide) groups is 6. The Morgan fingerprint density at radius 2 is 0.636 bits per heavy atom. The van der Waals surface area contributed by atoms with Crippen molar-refractivity contribution in [1.29, 1.82) is 0 Å². The molecule has 0 bridgehead atoms. The fourth-order valence-electron chi connectivity index (χ4n) is 1.62. The maximum absolute atomic E-state index is 4.20. The SMILES string of the molecule is C=C1CSCCSCCSCC(=C)CSCCSCCSC1. The van der Waals surface area contributed by atoms with Crippen molar-refractivity contribution in [2.45, 2.75) is 0 Å². The lowest BCUT2D eigenvalue weighted by atomic mass is 10.4. The van der Waals surface area contributed by atoms with E-state index in [0.29, 0.717) is 0 Å². The number of hydrogen-bond acceptors (Lipinski definition) is 6. The second kappa shape index (κ2) is 16.1. The van der Waals surface area contributed by atoms with Gasteiger partial charge < -0.3 is 0 Å². The van der Waals surface area contributed by atoms with Crippen LogP contribution in [-0.4, -0.2) is 69.0 Å². The van der Waals surface area contributed by atoms with E-state index in [9.17, 15) is 0 Å². The highest BCUT2D eigenvalue weighted by molar-refractivity contribution is 8.05. The smallest absolute Gasteiger partial charge is 0.0149 e. The minimum Gasteiger partial charge on any atom is -0.160 e. The predicted octanol–water partition coefficient (Wildman–Crippen LogP) is 5.51. The molecule has 0 aromatic carbocycles. The van der Waals surface area contributed by atoms with E-state index in [2.05, 4.69) is 36.7 Å². The lowest BCUT2D eigenvalue weighted by molar-refractivity contribution is 1.40. The van der Waals surface area contributed by atoms with Crippen molar-refractivity contribution in [3.63, 3.8) is 0 Å². The van der Waals surface area contributed by atoms with Crippen LogP contribution in [0.4, 0.5) is 0 Å². The first-order chi connectivity index (χ1) is 10.8. The van der Waals surface area contributed by atoms with Crippen LogP contribution in [-0.2, 0) is 0 Å². The average molecular weight is 413 g/mol. The van der Waals surface area contributed by atoms with Crippen molar-refractivity contribution >= 4 is 70.6 Å². The van der Waals surface area contributed by atoms with Crippen LogP contribution in [0.3, 0.4) is 0 Å². The third-order valence-corrected chi connectivity index (χ3v) is 10.1. The fourth-order valence-corrected chi connectivity index (χ4v) is 8.20. The molecule has 0 N–H and O–H groups in total. The maximum atomic E-state index is 4.20. The first-order valence-electron chi connectivity index (χ1n) is 7.59. The Morgan fingerprint density at radius 1 is 0.409 bits per heavy atom. The van der Waals surface area contributed by atoms with Crippen LogP contribution in [0.5, 0.6) is 0 Å². The monoisotopic (exact) mass is 412 g/mol. The Labute approximate surface area is 163 Å². The second-order valence-electron chi connectivity index (χ2n) is 4.94. The molecule has 0 spiro atoms. The summed E-state index contributed by atoms with van der Waals surface area (Å²) in [4.78, 5) is 0. The predicted molar refractivity (Wildman–Crippen MR) is 122 cm³/mol. The van der Waals surface area contributed by atoms with E-state index in [1.165, 1.54) is 57.2 Å². The van der Waals surface area contributed by atoms with E-state index in [0.717, 1.165) is 23.0 Å². The third-order valence-electron chi connectivity index (χ3n) is 2.71. The van der Waals surface area contributed by atoms with Gasteiger partial charge in [0.1, 0.15) is 0 Å². The van der Waals surface area contributed by atoms with Gasteiger partial charge in [0.05, 0.1) is 0 Å². The topological polar surface area (TPSA) is 0 Å². The highest BCUT2D eigenvalue weighted by Gasteiger charge is 2.00. The summed E-state index contributed by atoms with van der Waals surface area (Å²) in [6, 6.07) is 0. The molecular weight excluding hydrogens is 385 g/mol. The molecule has 0 amide bonds. The summed E-state index contributed by atoms with van der Waals surface area (Å²) < 4.78 is 0. The van der Waals surface area contributed by atoms with Gasteiger partial charge in [-0.1, -0.05) is 24.3 Å². The zero-order valence-electron chi connectivity index (χ0n) is 13.3. The standard InChI is InChI=1S/C16H28S6/c1-15-11-19-7-3-17-5-9-21-13-16(2)14-22-10-6-18-4-8-20-12-15/h1-14H2. The van der Waals surface area contributed by atoms with E-state index in [1.54, 1.807) is 0 Å². The van der Waals surface area contributed by atoms with Crippen molar-refractivity contribution in [2.75, 3.05) is 69.0 Å². The van der Waals surface area contributed by atoms with Gasteiger partial charge in [-0.3, -0.25) is 0 Å². The summed E-state index contributed by atoms with van der Waals surface area (Å²) >= 11 is 12.4. The summed E-state index contributed by atoms with van der Waals surface area (Å²) in [5.74, 6) is 14.7. The molecule has 0 aromatic heterocycles. The van der Waals surface area contributed by atoms with Crippen molar-refractivity contribution < 1.29 is 0 Å². The largest absolute Gasteiger partial charge is 0.160 e. The molecule has 1 rings (SSSR count). The molecule has 0 radical (unpaired) electrons. The van der Waals surface area contributed by atoms with Gasteiger partial charge in [0.15, 0.2) is 0 Å². The molecular formula is C16H28S6. The van der Waals surface area contributed by atoms with Crippen molar-refractivity contribution in [2.24, 2.45) is 0 Å². The molecule has 1 fully saturated rings. The Balaban J connectivity index is 2.17. The van der Waals surface area contributed by atoms with Gasteiger partial charge in [-0.05, 0) is 0 Å². The Hall–Kier alpha value is 1.58. The van der Waals surface area contributed by atoms with Crippen molar-refractivity contribution in [3.05, 3.63) is 24.3 Å². The molecule has 0 aromatic rings. The Morgan fingerprint density at radius 3 is 0.909 bits per heavy atom. The molecule has 0 saturated carbocycles. The molecule has 1 aliphatic heterocycles. The van der Waals surface area contributed by atoms with E-state index < -0.39 is 0 Å². The molecule has 0 unspecified atom stereocenters. The first kappa shape index (κ1) is 21.6. The minimum atomic E-state index is 1.14. The van der Waals surface area contributed by atoms with Crippen molar-refractivity contribution in [3.8, 4) is 0 Å². The normalized spacial score (nSPS) is 23.1. The molecule has 128 valence electrons. The van der Waals surface area contributed by atoms with E-state index in [1.807, 2.05) is 47.0 Å². The van der Waals surface area contributed by atoms with Crippen LogP contribution in [0.1, 0.15) is 0 Å². The molecule has 6 heteroatoms. The lowest BCUT2D eigenvalue weighted by Crippen LogP contribution is -1.98. The second-order valence-corrected chi connectivity index (χ2v) is 11.8. The summed E-state index contributed by atoms with van der Waals surface area (Å²) in [7, 11) is 0. The van der Waals surface area contributed by atoms with Crippen LogP contribution in [0.25, 0.3) is 0 Å². The summed E-state index contributed by atoms with van der Waals surface area (Å²) in [6.07, 6.45) is 0. The van der Waals surface area contributed by atoms with Gasteiger partial charge in [0, 0.05) is 69.0 Å². The third kappa shape index (κ3) is 14.0. The quantitative estimate of drug-likeness (QED) is 0.477. The van der Waals surface area contributed by atoms with Gasteiger partial charge >= 0.3 is 0 Å². The Bertz CT molecular complexity index is 251. The molecule has 0 aliphatic carbocycles. The zero-order valence-corrected chi connectivity index (χ0v) is 18.2. The maximum Gasteiger partial charge on any atom is 0.0149 e. The van der Waals surface area contributed by atoms with Crippen LogP contribution >= 0.6 is 70.6 Å². The highest BCUT2D eigenvalue weighted by atomic mass is 32.2. The van der Waals surface area contributed by atoms with E-state index in [4.69, 9.17) is 0 Å². The van der Waals surface area contributed by atoms with Gasteiger partial charge in [-0.2, -0.15) is 70.6 Å². The molecule has 22 heavy (non-hydrogen) atoms. The van der Waals surface area contributed by atoms with Crippen molar-refractivity contribution in [1.82, 2.24) is 0 Å². The van der Waals surface area contributed by atoms with Gasteiger partial charge in [-0.15, -0.1) is 0 Å². The lowest BCUT2D eigenvalue weighted by Gasteiger charge is -2.08. The van der Waals surface area contributed by atoms with Crippen LogP contribution in [0, 0.1) is 0 Å². The number of hydrogen-bond donors (Lipinski definition) is 0. The average Bonchev–Trinajstić information content (AvgIpc) is 2.50. The Kier molecular flexibility index (Phi) is 15.8. The summed E-state index contributed by atoms with van der Waals surface area (Å²) in [6.45, 7) is 8.41. The molecule has 1 saturated heterocycles. The molecule has 0 nitrogen and oxygen atoms in total. The first-order valence-corrected chi connectivity index (χ1v) is 14.5. The highest BCUT2D eigenvalue weighted by Crippen LogP contribution is 2.18. The molecule has 1 heterocycles. The van der Waals surface area contributed by atoms with Crippen LogP contribution in [0.15, 0.2) is 24.3 Å². The zero-order chi connectivity index (χ0) is 15.9. The summed E-state index contributed by atoms with van der Waals surface area (Å²) in [5.41, 5.74) is 2.81. The molecule has 1 aliphatic rings. The van der Waals surface area contributed by atoms with Gasteiger partial charge in [0.25, 0.3) is 0 Å². The molecule has 0 atom stereocenters. The van der Waals surface area contributed by atoms with Crippen LogP contribution < -0.4 is 0 Å². The minimum absolute atomic E-state index is 1.14. The van der Waals surface area contributed by atoms with E-state index >= 15 is 0 Å².